The molecular weight excluding hydrogens is 256 g/mol. The van der Waals surface area contributed by atoms with Crippen LogP contribution in [-0.2, 0) is 20.9 Å². The zero-order valence-corrected chi connectivity index (χ0v) is 9.85. The van der Waals surface area contributed by atoms with Crippen molar-refractivity contribution in [2.24, 2.45) is 0 Å². The average Bonchev–Trinajstić information content (AvgIpc) is 2.70. The molecule has 0 aromatic carbocycles. The van der Waals surface area contributed by atoms with Crippen LogP contribution in [0.1, 0.15) is 18.4 Å². The lowest BCUT2D eigenvalue weighted by Gasteiger charge is -1.98. The molecule has 0 unspecified atom stereocenters. The summed E-state index contributed by atoms with van der Waals surface area (Å²) < 4.78 is 4.30. The fourth-order valence-electron chi connectivity index (χ4n) is 1.19. The van der Waals surface area contributed by atoms with Gasteiger partial charge in [0.25, 0.3) is 11.8 Å². The number of imide groups is 1. The summed E-state index contributed by atoms with van der Waals surface area (Å²) in [6.07, 6.45) is 2.20. The van der Waals surface area contributed by atoms with Crippen molar-refractivity contribution in [1.29, 1.82) is 0 Å². The first-order chi connectivity index (χ1) is 9.00. The Morgan fingerprint density at radius 3 is 2.37 bits per heavy atom. The first-order valence-corrected chi connectivity index (χ1v) is 5.30. The van der Waals surface area contributed by atoms with Gasteiger partial charge in [-0.1, -0.05) is 6.07 Å². The van der Waals surface area contributed by atoms with E-state index in [0.717, 1.165) is 5.56 Å². The second-order valence-corrected chi connectivity index (χ2v) is 3.52. The van der Waals surface area contributed by atoms with Gasteiger partial charge < -0.3 is 9.84 Å². The Bertz CT molecular complexity index is 446. The van der Waals surface area contributed by atoms with Crippen molar-refractivity contribution in [2.45, 2.75) is 19.4 Å². The summed E-state index contributed by atoms with van der Waals surface area (Å²) >= 11 is 0. The molecule has 1 fully saturated rings. The Morgan fingerprint density at radius 1 is 1.37 bits per heavy atom. The van der Waals surface area contributed by atoms with Gasteiger partial charge in [-0.25, -0.2) is 4.79 Å². The third kappa shape index (κ3) is 5.13. The molecule has 102 valence electrons. The van der Waals surface area contributed by atoms with Crippen molar-refractivity contribution in [1.82, 2.24) is 10.0 Å². The molecule has 8 heteroatoms. The molecule has 2 heterocycles. The van der Waals surface area contributed by atoms with E-state index in [4.69, 9.17) is 10.3 Å². The molecule has 2 amide bonds. The van der Waals surface area contributed by atoms with Crippen LogP contribution in [0.3, 0.4) is 0 Å². The largest absolute Gasteiger partial charge is 0.506 e. The second kappa shape index (κ2) is 7.07. The average molecular weight is 268 g/mol. The van der Waals surface area contributed by atoms with E-state index in [-0.39, 0.29) is 24.5 Å². The summed E-state index contributed by atoms with van der Waals surface area (Å²) in [6, 6.07) is 3.47. The number of amides is 2. The number of carbonyl (C=O) groups excluding carboxylic acids is 2. The molecule has 0 spiro atoms. The Labute approximate surface area is 108 Å². The lowest BCUT2D eigenvalue weighted by molar-refractivity contribution is -0.171. The molecular formula is C11H12N2O6. The van der Waals surface area contributed by atoms with Crippen LogP contribution in [0.4, 0.5) is 4.79 Å². The van der Waals surface area contributed by atoms with Crippen molar-refractivity contribution in [3.05, 3.63) is 30.1 Å². The zero-order chi connectivity index (χ0) is 14.3. The van der Waals surface area contributed by atoms with E-state index in [1.165, 1.54) is 0 Å². The van der Waals surface area contributed by atoms with Gasteiger partial charge in [0.1, 0.15) is 6.61 Å². The van der Waals surface area contributed by atoms with Gasteiger partial charge in [-0.05, 0) is 6.07 Å². The SMILES string of the molecule is O=C(O)OCc1cccnc1.O=C1CCC(=O)N1O. The quantitative estimate of drug-likeness (QED) is 0.462. The van der Waals surface area contributed by atoms with Crippen molar-refractivity contribution in [2.75, 3.05) is 0 Å². The number of hydroxylamine groups is 2. The van der Waals surface area contributed by atoms with E-state index >= 15 is 0 Å². The number of pyridine rings is 1. The van der Waals surface area contributed by atoms with Crippen LogP contribution in [0.5, 0.6) is 0 Å². The molecule has 0 saturated carbocycles. The van der Waals surface area contributed by atoms with Gasteiger partial charge in [-0.15, -0.1) is 0 Å². The standard InChI is InChI=1S/C7H7NO3.C4H5NO3/c9-7(10)11-5-6-2-1-3-8-4-6;6-3-1-2-4(7)5(3)8/h1-4H,5H2,(H,9,10);8H,1-2H2. The van der Waals surface area contributed by atoms with Crippen LogP contribution in [0.15, 0.2) is 24.5 Å². The highest BCUT2D eigenvalue weighted by atomic mass is 16.7. The van der Waals surface area contributed by atoms with E-state index in [9.17, 15) is 14.4 Å². The predicted octanol–water partition coefficient (Wildman–Crippen LogP) is 0.801. The highest BCUT2D eigenvalue weighted by Gasteiger charge is 2.26. The van der Waals surface area contributed by atoms with Gasteiger partial charge in [0, 0.05) is 30.8 Å². The summed E-state index contributed by atoms with van der Waals surface area (Å²) in [6.45, 7) is 0.0587. The van der Waals surface area contributed by atoms with Crippen molar-refractivity contribution in [3.63, 3.8) is 0 Å². The molecule has 8 nitrogen and oxygen atoms in total. The van der Waals surface area contributed by atoms with E-state index < -0.39 is 18.0 Å². The van der Waals surface area contributed by atoms with E-state index in [0.29, 0.717) is 0 Å². The maximum Gasteiger partial charge on any atom is 0.506 e. The molecule has 0 atom stereocenters. The number of aromatic nitrogens is 1. The first kappa shape index (κ1) is 14.6. The van der Waals surface area contributed by atoms with Crippen LogP contribution in [0.2, 0.25) is 0 Å². The van der Waals surface area contributed by atoms with Gasteiger partial charge in [0.05, 0.1) is 0 Å². The lowest BCUT2D eigenvalue weighted by atomic mass is 10.3. The molecule has 2 N–H and O–H groups in total. The Balaban J connectivity index is 0.000000200. The molecule has 1 saturated heterocycles. The van der Waals surface area contributed by atoms with Crippen LogP contribution >= 0.6 is 0 Å². The maximum absolute atomic E-state index is 10.2. The molecule has 0 aliphatic carbocycles. The number of hydrogen-bond donors (Lipinski definition) is 2. The second-order valence-electron chi connectivity index (χ2n) is 3.52. The third-order valence-corrected chi connectivity index (χ3v) is 2.11. The number of hydrogen-bond acceptors (Lipinski definition) is 6. The first-order valence-electron chi connectivity index (χ1n) is 5.30. The Morgan fingerprint density at radius 2 is 2.00 bits per heavy atom. The Kier molecular flexibility index (Phi) is 5.42. The lowest BCUT2D eigenvalue weighted by Crippen LogP contribution is -2.24. The molecule has 1 aromatic heterocycles. The van der Waals surface area contributed by atoms with Crippen LogP contribution in [0, 0.1) is 0 Å². The fraction of sp³-hybridized carbons (Fsp3) is 0.273. The molecule has 1 aliphatic heterocycles. The zero-order valence-electron chi connectivity index (χ0n) is 9.85. The minimum atomic E-state index is -1.27. The summed E-state index contributed by atoms with van der Waals surface area (Å²) in [5.74, 6) is -1.01. The smallest absolute Gasteiger partial charge is 0.450 e. The van der Waals surface area contributed by atoms with Crippen molar-refractivity contribution >= 4 is 18.0 Å². The maximum atomic E-state index is 10.2. The number of carbonyl (C=O) groups is 3. The summed E-state index contributed by atoms with van der Waals surface area (Å²) in [4.78, 5) is 34.2. The highest BCUT2D eigenvalue weighted by molar-refractivity contribution is 6.00. The Hall–Kier alpha value is -2.48. The van der Waals surface area contributed by atoms with Crippen LogP contribution in [-0.4, -0.2) is 38.3 Å². The van der Waals surface area contributed by atoms with Crippen molar-refractivity contribution in [3.8, 4) is 0 Å². The number of rotatable bonds is 2. The van der Waals surface area contributed by atoms with Crippen LogP contribution < -0.4 is 0 Å². The van der Waals surface area contributed by atoms with E-state index in [1.807, 2.05) is 0 Å². The highest BCUT2D eigenvalue weighted by Crippen LogP contribution is 2.07. The van der Waals surface area contributed by atoms with E-state index in [1.54, 1.807) is 24.5 Å². The van der Waals surface area contributed by atoms with Gasteiger partial charge >= 0.3 is 6.16 Å². The number of nitrogens with zero attached hydrogens (tertiary/aromatic N) is 2. The van der Waals surface area contributed by atoms with Gasteiger partial charge in [0.2, 0.25) is 0 Å². The molecule has 19 heavy (non-hydrogen) atoms. The molecule has 0 radical (unpaired) electrons. The third-order valence-electron chi connectivity index (χ3n) is 2.11. The number of carboxylic acid groups (broad SMARTS) is 1. The number of ether oxygens (including phenoxy) is 1. The van der Waals surface area contributed by atoms with Gasteiger partial charge in [0.15, 0.2) is 0 Å². The van der Waals surface area contributed by atoms with Gasteiger partial charge in [-0.2, -0.15) is 5.06 Å². The summed E-state index contributed by atoms with van der Waals surface area (Å²) in [7, 11) is 0. The minimum Gasteiger partial charge on any atom is -0.450 e. The molecule has 2 rings (SSSR count). The van der Waals surface area contributed by atoms with Crippen LogP contribution in [0.25, 0.3) is 0 Å². The monoisotopic (exact) mass is 268 g/mol. The normalized spacial score (nSPS) is 13.8. The fourth-order valence-corrected chi connectivity index (χ4v) is 1.19. The van der Waals surface area contributed by atoms with Crippen molar-refractivity contribution < 1.29 is 29.4 Å². The summed E-state index contributed by atoms with van der Waals surface area (Å²) in [5.41, 5.74) is 0.745. The molecule has 1 aromatic rings. The summed E-state index contributed by atoms with van der Waals surface area (Å²) in [5, 5.41) is 16.7. The van der Waals surface area contributed by atoms with Gasteiger partial charge in [-0.3, -0.25) is 19.8 Å². The topological polar surface area (TPSA) is 117 Å². The van der Waals surface area contributed by atoms with E-state index in [2.05, 4.69) is 9.72 Å². The minimum absolute atomic E-state index is 0.0587. The molecule has 0 bridgehead atoms. The predicted molar refractivity (Wildman–Crippen MR) is 59.9 cm³/mol. The molecule has 1 aliphatic rings.